The lowest BCUT2D eigenvalue weighted by Crippen LogP contribution is -2.33. The summed E-state index contributed by atoms with van der Waals surface area (Å²) in [7, 11) is 0. The molecule has 0 aromatic heterocycles. The summed E-state index contributed by atoms with van der Waals surface area (Å²) >= 11 is 0. The van der Waals surface area contributed by atoms with Gasteiger partial charge in [-0.05, 0) is 12.8 Å². The van der Waals surface area contributed by atoms with Gasteiger partial charge in [0.05, 0.1) is 13.2 Å². The first-order chi connectivity index (χ1) is 8.37. The number of ether oxygens (including phenoxy) is 2. The lowest BCUT2D eigenvalue weighted by Gasteiger charge is -2.12. The van der Waals surface area contributed by atoms with Gasteiger partial charge >= 0.3 is 12.1 Å². The molecule has 0 saturated carbocycles. The van der Waals surface area contributed by atoms with E-state index in [1.165, 1.54) is 0 Å². The summed E-state index contributed by atoms with van der Waals surface area (Å²) in [5, 5.41) is 0. The standard InChI is InChI=1S/C11H18F3NO3/c1-2-6-17-7-8-18-10(16)9(15)4-3-5-11(12,13)14/h2,9H,1,3-8,15H2. The van der Waals surface area contributed by atoms with Crippen molar-refractivity contribution < 1.29 is 27.4 Å². The van der Waals surface area contributed by atoms with Gasteiger partial charge < -0.3 is 15.2 Å². The lowest BCUT2D eigenvalue weighted by atomic mass is 10.1. The number of alkyl halides is 3. The summed E-state index contributed by atoms with van der Waals surface area (Å²) in [6.07, 6.45) is -3.86. The summed E-state index contributed by atoms with van der Waals surface area (Å²) in [6, 6.07) is -1.02. The smallest absolute Gasteiger partial charge is 0.389 e. The molecule has 0 fully saturated rings. The average molecular weight is 269 g/mol. The van der Waals surface area contributed by atoms with E-state index in [4.69, 9.17) is 15.2 Å². The van der Waals surface area contributed by atoms with Crippen LogP contribution in [-0.4, -0.2) is 38.0 Å². The van der Waals surface area contributed by atoms with Gasteiger partial charge in [-0.25, -0.2) is 0 Å². The number of rotatable bonds is 9. The molecular weight excluding hydrogens is 251 g/mol. The van der Waals surface area contributed by atoms with Crippen molar-refractivity contribution in [2.75, 3.05) is 19.8 Å². The van der Waals surface area contributed by atoms with Gasteiger partial charge in [-0.2, -0.15) is 13.2 Å². The van der Waals surface area contributed by atoms with Crippen LogP contribution in [0.5, 0.6) is 0 Å². The molecule has 2 N–H and O–H groups in total. The monoisotopic (exact) mass is 269 g/mol. The first-order valence-electron chi connectivity index (χ1n) is 5.54. The Kier molecular flexibility index (Phi) is 8.40. The van der Waals surface area contributed by atoms with Gasteiger partial charge in [0.1, 0.15) is 12.6 Å². The largest absolute Gasteiger partial charge is 0.462 e. The fraction of sp³-hybridized carbons (Fsp3) is 0.727. The van der Waals surface area contributed by atoms with E-state index in [-0.39, 0.29) is 26.1 Å². The fourth-order valence-electron chi connectivity index (χ4n) is 1.12. The Bertz CT molecular complexity index is 256. The van der Waals surface area contributed by atoms with Crippen LogP contribution in [-0.2, 0) is 14.3 Å². The van der Waals surface area contributed by atoms with Crippen LogP contribution in [0, 0.1) is 0 Å². The van der Waals surface area contributed by atoms with E-state index in [1.807, 2.05) is 0 Å². The SMILES string of the molecule is C=CCOCCOC(=O)C(N)CCCC(F)(F)F. The van der Waals surface area contributed by atoms with Gasteiger partial charge in [0.15, 0.2) is 0 Å². The first-order valence-corrected chi connectivity index (χ1v) is 5.54. The highest BCUT2D eigenvalue weighted by Gasteiger charge is 2.27. The molecule has 7 heteroatoms. The topological polar surface area (TPSA) is 61.5 Å². The summed E-state index contributed by atoms with van der Waals surface area (Å²) < 4.78 is 45.2. The van der Waals surface area contributed by atoms with Crippen LogP contribution in [0.15, 0.2) is 12.7 Å². The maximum atomic E-state index is 11.8. The highest BCUT2D eigenvalue weighted by molar-refractivity contribution is 5.75. The van der Waals surface area contributed by atoms with Gasteiger partial charge in [0.2, 0.25) is 0 Å². The molecule has 0 spiro atoms. The number of carbonyl (C=O) groups is 1. The second-order valence-electron chi connectivity index (χ2n) is 3.64. The highest BCUT2D eigenvalue weighted by atomic mass is 19.4. The lowest BCUT2D eigenvalue weighted by molar-refractivity contribution is -0.148. The molecule has 0 aliphatic heterocycles. The van der Waals surface area contributed by atoms with E-state index >= 15 is 0 Å². The predicted octanol–water partition coefficient (Wildman–Crippen LogP) is 1.79. The molecular formula is C11H18F3NO3. The second-order valence-corrected chi connectivity index (χ2v) is 3.64. The Morgan fingerprint density at radius 2 is 2.06 bits per heavy atom. The minimum absolute atomic E-state index is 0.0274. The molecule has 18 heavy (non-hydrogen) atoms. The van der Waals surface area contributed by atoms with Crippen molar-refractivity contribution in [2.45, 2.75) is 31.5 Å². The number of hydrogen-bond acceptors (Lipinski definition) is 4. The molecule has 0 heterocycles. The predicted molar refractivity (Wildman–Crippen MR) is 59.9 cm³/mol. The zero-order valence-corrected chi connectivity index (χ0v) is 10.0. The van der Waals surface area contributed by atoms with Gasteiger partial charge in [0.25, 0.3) is 0 Å². The Morgan fingerprint density at radius 3 is 2.61 bits per heavy atom. The molecule has 0 amide bonds. The summed E-state index contributed by atoms with van der Waals surface area (Å²) in [5.41, 5.74) is 5.39. The Morgan fingerprint density at radius 1 is 1.39 bits per heavy atom. The van der Waals surface area contributed by atoms with E-state index in [0.29, 0.717) is 6.61 Å². The third kappa shape index (κ3) is 10.1. The third-order valence-corrected chi connectivity index (χ3v) is 1.99. The van der Waals surface area contributed by atoms with Crippen LogP contribution in [0.2, 0.25) is 0 Å². The minimum atomic E-state index is -4.22. The van der Waals surface area contributed by atoms with Crippen molar-refractivity contribution in [3.63, 3.8) is 0 Å². The molecule has 1 atom stereocenters. The molecule has 0 aromatic rings. The summed E-state index contributed by atoms with van der Waals surface area (Å²) in [5.74, 6) is -0.709. The molecule has 0 radical (unpaired) electrons. The molecule has 106 valence electrons. The minimum Gasteiger partial charge on any atom is -0.462 e. The molecule has 0 aromatic carbocycles. The van der Waals surface area contributed by atoms with E-state index in [9.17, 15) is 18.0 Å². The number of nitrogens with two attached hydrogens (primary N) is 1. The van der Waals surface area contributed by atoms with Crippen LogP contribution in [0.4, 0.5) is 13.2 Å². The van der Waals surface area contributed by atoms with Gasteiger partial charge in [-0.3, -0.25) is 4.79 Å². The summed E-state index contributed by atoms with van der Waals surface area (Å²) in [6.45, 7) is 4.00. The van der Waals surface area contributed by atoms with Crippen LogP contribution < -0.4 is 5.73 Å². The normalized spacial score (nSPS) is 13.1. The number of hydrogen-bond donors (Lipinski definition) is 1. The van der Waals surface area contributed by atoms with E-state index in [2.05, 4.69) is 6.58 Å². The van der Waals surface area contributed by atoms with Crippen LogP contribution in [0.3, 0.4) is 0 Å². The molecule has 0 saturated heterocycles. The number of halogens is 3. The summed E-state index contributed by atoms with van der Waals surface area (Å²) in [4.78, 5) is 11.2. The van der Waals surface area contributed by atoms with Crippen molar-refractivity contribution in [1.29, 1.82) is 0 Å². The quantitative estimate of drug-likeness (QED) is 0.394. The van der Waals surface area contributed by atoms with Crippen molar-refractivity contribution >= 4 is 5.97 Å². The van der Waals surface area contributed by atoms with Crippen molar-refractivity contribution in [3.8, 4) is 0 Å². The molecule has 0 aliphatic carbocycles. The first kappa shape index (κ1) is 16.9. The van der Waals surface area contributed by atoms with Gasteiger partial charge in [-0.15, -0.1) is 6.58 Å². The van der Waals surface area contributed by atoms with E-state index in [1.54, 1.807) is 6.08 Å². The Labute approximate surface area is 104 Å². The molecule has 0 bridgehead atoms. The van der Waals surface area contributed by atoms with Crippen LogP contribution in [0.1, 0.15) is 19.3 Å². The maximum Gasteiger partial charge on any atom is 0.389 e. The highest BCUT2D eigenvalue weighted by Crippen LogP contribution is 2.22. The zero-order chi connectivity index (χ0) is 14.0. The average Bonchev–Trinajstić information content (AvgIpc) is 2.26. The second kappa shape index (κ2) is 8.93. The fourth-order valence-corrected chi connectivity index (χ4v) is 1.12. The molecule has 4 nitrogen and oxygen atoms in total. The molecule has 0 aliphatic rings. The van der Waals surface area contributed by atoms with Gasteiger partial charge in [-0.1, -0.05) is 6.08 Å². The van der Waals surface area contributed by atoms with E-state index in [0.717, 1.165) is 0 Å². The Hall–Kier alpha value is -1.08. The number of esters is 1. The van der Waals surface area contributed by atoms with Crippen molar-refractivity contribution in [1.82, 2.24) is 0 Å². The Balaban J connectivity index is 3.60. The van der Waals surface area contributed by atoms with Crippen molar-refractivity contribution in [2.24, 2.45) is 5.73 Å². The maximum absolute atomic E-state index is 11.8. The molecule has 1 unspecified atom stereocenters. The van der Waals surface area contributed by atoms with E-state index < -0.39 is 24.6 Å². The molecule has 0 rings (SSSR count). The number of carbonyl (C=O) groups excluding carboxylic acids is 1. The van der Waals surface area contributed by atoms with Crippen LogP contribution >= 0.6 is 0 Å². The van der Waals surface area contributed by atoms with Crippen molar-refractivity contribution in [3.05, 3.63) is 12.7 Å². The van der Waals surface area contributed by atoms with Gasteiger partial charge in [0, 0.05) is 6.42 Å². The zero-order valence-electron chi connectivity index (χ0n) is 10.0. The third-order valence-electron chi connectivity index (χ3n) is 1.99. The van der Waals surface area contributed by atoms with Crippen LogP contribution in [0.25, 0.3) is 0 Å².